The van der Waals surface area contributed by atoms with Crippen LogP contribution < -0.4 is 5.43 Å². The van der Waals surface area contributed by atoms with Gasteiger partial charge in [0.2, 0.25) is 10.0 Å². The molecule has 2 N–H and O–H groups in total. The van der Waals surface area contributed by atoms with E-state index in [0.717, 1.165) is 6.07 Å². The monoisotopic (exact) mass is 392 g/mol. The molecule has 2 aromatic carbocycles. The normalized spacial score (nSPS) is 11.8. The third-order valence-electron chi connectivity index (χ3n) is 3.78. The molecule has 0 saturated carbocycles. The van der Waals surface area contributed by atoms with Crippen LogP contribution >= 0.6 is 0 Å². The van der Waals surface area contributed by atoms with Crippen molar-refractivity contribution in [3.63, 3.8) is 0 Å². The molecule has 10 heteroatoms. The second-order valence-corrected chi connectivity index (χ2v) is 7.43. The van der Waals surface area contributed by atoms with Gasteiger partial charge in [-0.1, -0.05) is 26.0 Å². The molecule has 9 nitrogen and oxygen atoms in total. The summed E-state index contributed by atoms with van der Waals surface area (Å²) in [6.07, 6.45) is 1.38. The zero-order chi connectivity index (χ0) is 20.0. The van der Waals surface area contributed by atoms with Gasteiger partial charge in [-0.2, -0.15) is 9.41 Å². The summed E-state index contributed by atoms with van der Waals surface area (Å²) >= 11 is 0. The number of nitro benzene ring substituents is 1. The first-order valence-corrected chi connectivity index (χ1v) is 9.60. The van der Waals surface area contributed by atoms with Crippen molar-refractivity contribution in [3.8, 4) is 5.75 Å². The Balaban J connectivity index is 2.32. The van der Waals surface area contributed by atoms with Gasteiger partial charge >= 0.3 is 0 Å². The molecule has 144 valence electrons. The van der Waals surface area contributed by atoms with Crippen LogP contribution in [0.4, 0.5) is 11.4 Å². The van der Waals surface area contributed by atoms with E-state index in [1.165, 1.54) is 34.8 Å². The Morgan fingerprint density at radius 1 is 1.22 bits per heavy atom. The third kappa shape index (κ3) is 4.80. The molecule has 0 saturated heterocycles. The Bertz CT molecular complexity index is 956. The van der Waals surface area contributed by atoms with E-state index in [-0.39, 0.29) is 29.4 Å². The van der Waals surface area contributed by atoms with E-state index >= 15 is 0 Å². The van der Waals surface area contributed by atoms with Gasteiger partial charge in [0.1, 0.15) is 11.4 Å². The third-order valence-corrected chi connectivity index (χ3v) is 5.82. The molecule has 0 heterocycles. The van der Waals surface area contributed by atoms with Gasteiger partial charge in [-0.25, -0.2) is 8.42 Å². The van der Waals surface area contributed by atoms with Crippen LogP contribution in [0, 0.1) is 10.1 Å². The molecule has 0 aliphatic rings. The summed E-state index contributed by atoms with van der Waals surface area (Å²) in [7, 11) is -3.81. The number of nitrogens with zero attached hydrogens (tertiary/aromatic N) is 3. The lowest BCUT2D eigenvalue weighted by Gasteiger charge is -2.18. The van der Waals surface area contributed by atoms with Crippen LogP contribution in [0.15, 0.2) is 52.5 Å². The molecule has 27 heavy (non-hydrogen) atoms. The molecular weight excluding hydrogens is 372 g/mol. The number of hydrogen-bond acceptors (Lipinski definition) is 7. The summed E-state index contributed by atoms with van der Waals surface area (Å²) in [6.45, 7) is 3.92. The number of nitrogens with one attached hydrogen (secondary N) is 1. The fourth-order valence-corrected chi connectivity index (χ4v) is 3.89. The fourth-order valence-electron chi connectivity index (χ4n) is 2.41. The number of sulfonamides is 1. The largest absolute Gasteiger partial charge is 0.508 e. The van der Waals surface area contributed by atoms with Gasteiger partial charge in [0.15, 0.2) is 0 Å². The highest BCUT2D eigenvalue weighted by Gasteiger charge is 2.25. The van der Waals surface area contributed by atoms with Crippen molar-refractivity contribution in [1.29, 1.82) is 0 Å². The fraction of sp³-hybridized carbons (Fsp3) is 0.235. The van der Waals surface area contributed by atoms with E-state index < -0.39 is 20.6 Å². The predicted molar refractivity (Wildman–Crippen MR) is 103 cm³/mol. The summed E-state index contributed by atoms with van der Waals surface area (Å²) in [5.74, 6) is 0.0656. The minimum absolute atomic E-state index is 0.0508. The van der Waals surface area contributed by atoms with Crippen LogP contribution in [0.1, 0.15) is 19.4 Å². The van der Waals surface area contributed by atoms with E-state index in [0.29, 0.717) is 5.56 Å². The number of phenolic OH excluding ortho intramolecular Hbond substituents is 1. The zero-order valence-corrected chi connectivity index (χ0v) is 15.7. The first kappa shape index (κ1) is 20.3. The Labute approximate surface area is 157 Å². The molecule has 0 fully saturated rings. The summed E-state index contributed by atoms with van der Waals surface area (Å²) < 4.78 is 26.3. The van der Waals surface area contributed by atoms with Gasteiger partial charge < -0.3 is 5.11 Å². The van der Waals surface area contributed by atoms with Gasteiger partial charge in [-0.3, -0.25) is 15.5 Å². The predicted octanol–water partition coefficient (Wildman–Crippen LogP) is 2.78. The second-order valence-electron chi connectivity index (χ2n) is 5.49. The summed E-state index contributed by atoms with van der Waals surface area (Å²) in [5, 5.41) is 24.7. The van der Waals surface area contributed by atoms with Crippen molar-refractivity contribution in [2.24, 2.45) is 5.10 Å². The lowest BCUT2D eigenvalue weighted by atomic mass is 10.2. The smallest absolute Gasteiger partial charge is 0.295 e. The highest BCUT2D eigenvalue weighted by atomic mass is 32.2. The van der Waals surface area contributed by atoms with Gasteiger partial charge in [-0.05, 0) is 29.8 Å². The van der Waals surface area contributed by atoms with Crippen molar-refractivity contribution in [1.82, 2.24) is 4.31 Å². The topological polar surface area (TPSA) is 125 Å². The number of benzene rings is 2. The zero-order valence-electron chi connectivity index (χ0n) is 14.9. The minimum atomic E-state index is -3.81. The molecular formula is C17H20N4O5S. The molecule has 0 aliphatic heterocycles. The van der Waals surface area contributed by atoms with Crippen LogP contribution in [0.5, 0.6) is 5.75 Å². The average molecular weight is 392 g/mol. The average Bonchev–Trinajstić information content (AvgIpc) is 2.62. The molecule has 0 aromatic heterocycles. The first-order chi connectivity index (χ1) is 12.8. The van der Waals surface area contributed by atoms with Crippen molar-refractivity contribution >= 4 is 27.6 Å². The second kappa shape index (κ2) is 8.60. The SMILES string of the molecule is CCN(CC)S(=O)(=O)c1ccc(N/N=C\c2cccc(O)c2)c([N+](=O)[O-])c1. The van der Waals surface area contributed by atoms with Crippen molar-refractivity contribution in [3.05, 3.63) is 58.1 Å². The highest BCUT2D eigenvalue weighted by molar-refractivity contribution is 7.89. The Hall–Kier alpha value is -2.98. The molecule has 2 rings (SSSR count). The van der Waals surface area contributed by atoms with Gasteiger partial charge in [0.25, 0.3) is 5.69 Å². The number of anilines is 1. The maximum Gasteiger partial charge on any atom is 0.295 e. The summed E-state index contributed by atoms with van der Waals surface area (Å²) in [4.78, 5) is 10.5. The first-order valence-electron chi connectivity index (χ1n) is 8.16. The number of hydrazone groups is 1. The maximum absolute atomic E-state index is 12.5. The number of nitro groups is 1. The van der Waals surface area contributed by atoms with Crippen LogP contribution in [-0.4, -0.2) is 42.1 Å². The van der Waals surface area contributed by atoms with Gasteiger partial charge in [-0.15, -0.1) is 0 Å². The molecule has 0 spiro atoms. The van der Waals surface area contributed by atoms with Gasteiger partial charge in [0, 0.05) is 19.2 Å². The van der Waals surface area contributed by atoms with E-state index in [2.05, 4.69) is 10.5 Å². The molecule has 0 unspecified atom stereocenters. The molecule has 0 aliphatic carbocycles. The van der Waals surface area contributed by atoms with E-state index in [1.54, 1.807) is 26.0 Å². The Kier molecular flexibility index (Phi) is 6.48. The molecule has 2 aromatic rings. The molecule has 0 amide bonds. The molecule has 0 atom stereocenters. The molecule has 0 radical (unpaired) electrons. The lowest BCUT2D eigenvalue weighted by molar-refractivity contribution is -0.384. The lowest BCUT2D eigenvalue weighted by Crippen LogP contribution is -2.30. The van der Waals surface area contributed by atoms with E-state index in [9.17, 15) is 23.6 Å². The van der Waals surface area contributed by atoms with Crippen LogP contribution in [0.25, 0.3) is 0 Å². The highest BCUT2D eigenvalue weighted by Crippen LogP contribution is 2.29. The summed E-state index contributed by atoms with van der Waals surface area (Å²) in [5.41, 5.74) is 2.77. The van der Waals surface area contributed by atoms with Crippen molar-refractivity contribution < 1.29 is 18.4 Å². The van der Waals surface area contributed by atoms with Gasteiger partial charge in [0.05, 0.1) is 16.0 Å². The van der Waals surface area contributed by atoms with Crippen molar-refractivity contribution in [2.45, 2.75) is 18.7 Å². The molecule has 0 bridgehead atoms. The quantitative estimate of drug-likeness (QED) is 0.404. The van der Waals surface area contributed by atoms with Crippen LogP contribution in [0.2, 0.25) is 0 Å². The summed E-state index contributed by atoms with van der Waals surface area (Å²) in [6, 6.07) is 9.91. The number of rotatable bonds is 8. The van der Waals surface area contributed by atoms with E-state index in [4.69, 9.17) is 0 Å². The maximum atomic E-state index is 12.5. The standard InChI is InChI=1S/C17H20N4O5S/c1-3-20(4-2)27(25,26)15-8-9-16(17(11-15)21(23)24)19-18-12-13-6-5-7-14(22)10-13/h5-12,19,22H,3-4H2,1-2H3/b18-12-. The van der Waals surface area contributed by atoms with Crippen LogP contribution in [0.3, 0.4) is 0 Å². The van der Waals surface area contributed by atoms with Crippen molar-refractivity contribution in [2.75, 3.05) is 18.5 Å². The minimum Gasteiger partial charge on any atom is -0.508 e. The Morgan fingerprint density at radius 3 is 2.52 bits per heavy atom. The number of phenols is 1. The van der Waals surface area contributed by atoms with E-state index in [1.807, 2.05) is 0 Å². The number of hydrogen-bond donors (Lipinski definition) is 2. The Morgan fingerprint density at radius 2 is 1.93 bits per heavy atom. The van der Waals surface area contributed by atoms with Crippen LogP contribution in [-0.2, 0) is 10.0 Å². The number of aromatic hydroxyl groups is 1.